The van der Waals surface area contributed by atoms with E-state index in [2.05, 4.69) is 48.3 Å². The lowest BCUT2D eigenvalue weighted by atomic mass is 9.95. The highest BCUT2D eigenvalue weighted by Gasteiger charge is 2.37. The Hall–Kier alpha value is -1.36. The maximum atomic E-state index is 5.65. The number of nitrogens with zero attached hydrogens (tertiary/aromatic N) is 2. The Morgan fingerprint density at radius 2 is 2.11 bits per heavy atom. The molecule has 2 N–H and O–H groups in total. The predicted octanol–water partition coefficient (Wildman–Crippen LogP) is 2.45. The lowest BCUT2D eigenvalue weighted by Crippen LogP contribution is -2.41. The van der Waals surface area contributed by atoms with E-state index in [0.717, 1.165) is 43.5 Å². The van der Waals surface area contributed by atoms with Crippen molar-refractivity contribution in [3.05, 3.63) is 11.9 Å². The molecule has 0 aliphatic carbocycles. The molecule has 2 heterocycles. The lowest BCUT2D eigenvalue weighted by molar-refractivity contribution is 0.105. The van der Waals surface area contributed by atoms with Gasteiger partial charge in [-0.3, -0.25) is 0 Å². The Bertz CT molecular complexity index is 437. The molecule has 1 saturated heterocycles. The van der Waals surface area contributed by atoms with Crippen LogP contribution in [-0.4, -0.2) is 34.8 Å². The van der Waals surface area contributed by atoms with E-state index in [1.165, 1.54) is 0 Å². The molecule has 1 aromatic heterocycles. The first-order valence-corrected chi connectivity index (χ1v) is 7.09. The summed E-state index contributed by atoms with van der Waals surface area (Å²) in [6.45, 7) is 10.1. The number of anilines is 2. The van der Waals surface area contributed by atoms with Gasteiger partial charge in [0.15, 0.2) is 0 Å². The molecule has 0 amide bonds. The fraction of sp³-hybridized carbons (Fsp3) is 0.714. The van der Waals surface area contributed by atoms with Crippen LogP contribution in [0.25, 0.3) is 0 Å². The van der Waals surface area contributed by atoms with Gasteiger partial charge in [-0.05, 0) is 27.2 Å². The van der Waals surface area contributed by atoms with E-state index < -0.39 is 0 Å². The molecule has 0 aromatic carbocycles. The molecule has 0 saturated carbocycles. The highest BCUT2D eigenvalue weighted by molar-refractivity contribution is 5.49. The Kier molecular flexibility index (Phi) is 4.24. The molecule has 5 nitrogen and oxygen atoms in total. The molecule has 1 aliphatic heterocycles. The maximum Gasteiger partial charge on any atom is 0.132 e. The molecule has 2 unspecified atom stereocenters. The summed E-state index contributed by atoms with van der Waals surface area (Å²) in [6, 6.07) is 1.97. The van der Waals surface area contributed by atoms with Gasteiger partial charge in [-0.25, -0.2) is 9.97 Å². The SMILES string of the molecule is CCNc1cc(NC2(C)CCOC2C)nc(CC)n1. The lowest BCUT2D eigenvalue weighted by Gasteiger charge is -2.29. The normalized spacial score (nSPS) is 26.4. The molecule has 0 spiro atoms. The van der Waals surface area contributed by atoms with Crippen molar-refractivity contribution in [2.24, 2.45) is 0 Å². The van der Waals surface area contributed by atoms with Crippen LogP contribution in [0.5, 0.6) is 0 Å². The molecule has 2 atom stereocenters. The summed E-state index contributed by atoms with van der Waals surface area (Å²) < 4.78 is 5.65. The van der Waals surface area contributed by atoms with E-state index in [1.807, 2.05) is 6.07 Å². The fourth-order valence-electron chi connectivity index (χ4n) is 2.28. The second-order valence-corrected chi connectivity index (χ2v) is 5.24. The van der Waals surface area contributed by atoms with Gasteiger partial charge in [0.2, 0.25) is 0 Å². The number of ether oxygens (including phenoxy) is 1. The van der Waals surface area contributed by atoms with E-state index in [9.17, 15) is 0 Å². The first-order valence-electron chi connectivity index (χ1n) is 7.09. The van der Waals surface area contributed by atoms with Crippen LogP contribution in [0.2, 0.25) is 0 Å². The fourth-order valence-corrected chi connectivity index (χ4v) is 2.28. The van der Waals surface area contributed by atoms with E-state index in [0.29, 0.717) is 0 Å². The minimum Gasteiger partial charge on any atom is -0.376 e. The summed E-state index contributed by atoms with van der Waals surface area (Å²) in [6.07, 6.45) is 2.02. The Morgan fingerprint density at radius 1 is 1.37 bits per heavy atom. The van der Waals surface area contributed by atoms with Crippen molar-refractivity contribution >= 4 is 11.6 Å². The minimum atomic E-state index is -0.0527. The Balaban J connectivity index is 2.21. The van der Waals surface area contributed by atoms with Crippen LogP contribution < -0.4 is 10.6 Å². The first kappa shape index (κ1) is 14.1. The predicted molar refractivity (Wildman–Crippen MR) is 77.6 cm³/mol. The van der Waals surface area contributed by atoms with Crippen LogP contribution in [0, 0.1) is 0 Å². The minimum absolute atomic E-state index is 0.0527. The number of aromatic nitrogens is 2. The standard InChI is InChI=1S/C14H24N4O/c1-5-11-16-12(15-6-2)9-13(17-11)18-14(4)7-8-19-10(14)3/h9-10H,5-8H2,1-4H3,(H2,15,16,17,18). The molecule has 19 heavy (non-hydrogen) atoms. The van der Waals surface area contributed by atoms with E-state index >= 15 is 0 Å². The van der Waals surface area contributed by atoms with Gasteiger partial charge in [-0.2, -0.15) is 0 Å². The Labute approximate surface area is 115 Å². The summed E-state index contributed by atoms with van der Waals surface area (Å²) in [5.74, 6) is 2.62. The number of hydrogen-bond donors (Lipinski definition) is 2. The molecule has 1 fully saturated rings. The highest BCUT2D eigenvalue weighted by atomic mass is 16.5. The summed E-state index contributed by atoms with van der Waals surface area (Å²) in [4.78, 5) is 9.02. The van der Waals surface area contributed by atoms with Crippen LogP contribution in [0.3, 0.4) is 0 Å². The van der Waals surface area contributed by atoms with Crippen molar-refractivity contribution in [3.63, 3.8) is 0 Å². The highest BCUT2D eigenvalue weighted by Crippen LogP contribution is 2.29. The van der Waals surface area contributed by atoms with Gasteiger partial charge in [0.1, 0.15) is 17.5 Å². The van der Waals surface area contributed by atoms with Gasteiger partial charge in [0, 0.05) is 25.6 Å². The monoisotopic (exact) mass is 264 g/mol. The zero-order valence-corrected chi connectivity index (χ0v) is 12.3. The van der Waals surface area contributed by atoms with Gasteiger partial charge in [0.25, 0.3) is 0 Å². The summed E-state index contributed by atoms with van der Waals surface area (Å²) in [5.41, 5.74) is -0.0527. The number of rotatable bonds is 5. The van der Waals surface area contributed by atoms with Crippen LogP contribution in [0.4, 0.5) is 11.6 Å². The molecule has 2 rings (SSSR count). The third-order valence-corrected chi connectivity index (χ3v) is 3.75. The third-order valence-electron chi connectivity index (χ3n) is 3.75. The van der Waals surface area contributed by atoms with Crippen LogP contribution in [-0.2, 0) is 11.2 Å². The number of aryl methyl sites for hydroxylation is 1. The Morgan fingerprint density at radius 3 is 2.68 bits per heavy atom. The van der Waals surface area contributed by atoms with E-state index in [4.69, 9.17) is 4.74 Å². The molecule has 106 valence electrons. The van der Waals surface area contributed by atoms with Gasteiger partial charge in [0.05, 0.1) is 11.6 Å². The van der Waals surface area contributed by atoms with Gasteiger partial charge in [-0.15, -0.1) is 0 Å². The topological polar surface area (TPSA) is 59.1 Å². The molecule has 1 aliphatic rings. The van der Waals surface area contributed by atoms with Crippen molar-refractivity contribution in [3.8, 4) is 0 Å². The average Bonchev–Trinajstić information content (AvgIpc) is 2.69. The number of nitrogens with one attached hydrogen (secondary N) is 2. The maximum absolute atomic E-state index is 5.65. The van der Waals surface area contributed by atoms with E-state index in [1.54, 1.807) is 0 Å². The van der Waals surface area contributed by atoms with Crippen molar-refractivity contribution < 1.29 is 4.74 Å². The molecule has 0 radical (unpaired) electrons. The van der Waals surface area contributed by atoms with Crippen molar-refractivity contribution in [2.45, 2.75) is 52.2 Å². The quantitative estimate of drug-likeness (QED) is 0.855. The van der Waals surface area contributed by atoms with Gasteiger partial charge < -0.3 is 15.4 Å². The molecule has 0 bridgehead atoms. The van der Waals surface area contributed by atoms with E-state index in [-0.39, 0.29) is 11.6 Å². The summed E-state index contributed by atoms with van der Waals surface area (Å²) in [7, 11) is 0. The van der Waals surface area contributed by atoms with Crippen LogP contribution in [0.1, 0.15) is 39.9 Å². The van der Waals surface area contributed by atoms with Crippen molar-refractivity contribution in [1.82, 2.24) is 9.97 Å². The second-order valence-electron chi connectivity index (χ2n) is 5.24. The third kappa shape index (κ3) is 3.15. The van der Waals surface area contributed by atoms with Gasteiger partial charge in [-0.1, -0.05) is 6.92 Å². The van der Waals surface area contributed by atoms with Crippen molar-refractivity contribution in [1.29, 1.82) is 0 Å². The largest absolute Gasteiger partial charge is 0.376 e. The average molecular weight is 264 g/mol. The second kappa shape index (κ2) is 5.74. The number of hydrogen-bond acceptors (Lipinski definition) is 5. The van der Waals surface area contributed by atoms with Gasteiger partial charge >= 0.3 is 0 Å². The van der Waals surface area contributed by atoms with Crippen molar-refractivity contribution in [2.75, 3.05) is 23.8 Å². The van der Waals surface area contributed by atoms with Crippen LogP contribution >= 0.6 is 0 Å². The zero-order chi connectivity index (χ0) is 13.9. The first-order chi connectivity index (χ1) is 9.07. The zero-order valence-electron chi connectivity index (χ0n) is 12.3. The molecular formula is C14H24N4O. The molecule has 1 aromatic rings. The summed E-state index contributed by atoms with van der Waals surface area (Å²) >= 11 is 0. The molecular weight excluding hydrogens is 240 g/mol. The van der Waals surface area contributed by atoms with Crippen LogP contribution in [0.15, 0.2) is 6.07 Å². The summed E-state index contributed by atoms with van der Waals surface area (Å²) in [5, 5.41) is 6.77. The smallest absolute Gasteiger partial charge is 0.132 e. The molecule has 5 heteroatoms.